The van der Waals surface area contributed by atoms with E-state index in [1.165, 1.54) is 0 Å². The van der Waals surface area contributed by atoms with E-state index in [-0.39, 0.29) is 5.38 Å². The van der Waals surface area contributed by atoms with Gasteiger partial charge in [0.05, 0.1) is 5.38 Å². The molecule has 48 valence electrons. The van der Waals surface area contributed by atoms with Crippen LogP contribution in [0.5, 0.6) is 0 Å². The Hall–Kier alpha value is -0.280. The molecule has 0 aliphatic heterocycles. The fraction of sp³-hybridized carbons (Fsp3) is 0.750. The number of primary amides is 1. The highest BCUT2D eigenvalue weighted by molar-refractivity contribution is 6.22. The van der Waals surface area contributed by atoms with Gasteiger partial charge < -0.3 is 11.5 Å². The minimum atomic E-state index is -0.725. The third kappa shape index (κ3) is 2.14. The third-order valence-electron chi connectivity index (χ3n) is 0.823. The second-order valence-electron chi connectivity index (χ2n) is 1.61. The summed E-state index contributed by atoms with van der Waals surface area (Å²) in [6, 6.07) is -0.725. The summed E-state index contributed by atoms with van der Waals surface area (Å²) in [5.41, 5.74) is 9.94. The summed E-state index contributed by atoms with van der Waals surface area (Å²) in [5.74, 6) is -0.562. The Kier molecular flexibility index (Phi) is 2.79. The third-order valence-corrected chi connectivity index (χ3v) is 1.09. The molecule has 0 aliphatic rings. The van der Waals surface area contributed by atoms with Gasteiger partial charge in [-0.2, -0.15) is 0 Å². The van der Waals surface area contributed by atoms with Gasteiger partial charge in [0.25, 0.3) is 0 Å². The quantitative estimate of drug-likeness (QED) is 0.499. The Balaban J connectivity index is 3.64. The van der Waals surface area contributed by atoms with Gasteiger partial charge in [-0.15, -0.1) is 11.6 Å². The molecule has 0 rings (SSSR count). The van der Waals surface area contributed by atoms with Crippen LogP contribution in [0.15, 0.2) is 0 Å². The molecule has 0 bridgehead atoms. The largest absolute Gasteiger partial charge is 0.368 e. The number of hydrogen-bond donors (Lipinski definition) is 2. The predicted octanol–water partition coefficient (Wildman–Crippen LogP) is -0.574. The van der Waals surface area contributed by atoms with Crippen molar-refractivity contribution in [3.63, 3.8) is 0 Å². The fourth-order valence-corrected chi connectivity index (χ4v) is 0.351. The summed E-state index contributed by atoms with van der Waals surface area (Å²) < 4.78 is 0. The van der Waals surface area contributed by atoms with Crippen molar-refractivity contribution >= 4 is 17.5 Å². The molecule has 0 saturated heterocycles. The molecular weight excluding hydrogens is 128 g/mol. The van der Waals surface area contributed by atoms with Crippen LogP contribution < -0.4 is 11.5 Å². The van der Waals surface area contributed by atoms with Crippen molar-refractivity contribution in [3.8, 4) is 0 Å². The molecular formula is C4H9ClN2O. The van der Waals surface area contributed by atoms with Crippen LogP contribution in [0.1, 0.15) is 6.92 Å². The summed E-state index contributed by atoms with van der Waals surface area (Å²) in [7, 11) is 0. The highest BCUT2D eigenvalue weighted by Gasteiger charge is 2.14. The number of nitrogens with two attached hydrogens (primary N) is 2. The van der Waals surface area contributed by atoms with Crippen molar-refractivity contribution < 1.29 is 4.79 Å². The zero-order chi connectivity index (χ0) is 6.73. The van der Waals surface area contributed by atoms with E-state index in [0.717, 1.165) is 0 Å². The van der Waals surface area contributed by atoms with Gasteiger partial charge in [0.2, 0.25) is 5.91 Å². The summed E-state index contributed by atoms with van der Waals surface area (Å²) in [6.07, 6.45) is 0. The van der Waals surface area contributed by atoms with Crippen LogP contribution >= 0.6 is 11.6 Å². The first kappa shape index (κ1) is 7.72. The van der Waals surface area contributed by atoms with Gasteiger partial charge in [-0.3, -0.25) is 4.79 Å². The van der Waals surface area contributed by atoms with Gasteiger partial charge in [0, 0.05) is 0 Å². The highest BCUT2D eigenvalue weighted by Crippen LogP contribution is 1.96. The number of amides is 1. The molecule has 0 saturated carbocycles. The first-order valence-electron chi connectivity index (χ1n) is 2.24. The van der Waals surface area contributed by atoms with Crippen LogP contribution in [-0.2, 0) is 4.79 Å². The maximum Gasteiger partial charge on any atom is 0.235 e. The SMILES string of the molecule is C[C@H](Cl)[C@H](N)C(N)=O. The number of carbonyl (C=O) groups excluding carboxylic acids is 1. The predicted molar refractivity (Wildman–Crippen MR) is 32.5 cm³/mol. The second kappa shape index (κ2) is 2.89. The lowest BCUT2D eigenvalue weighted by atomic mass is 10.2. The molecule has 4 heteroatoms. The second-order valence-corrected chi connectivity index (χ2v) is 2.29. The standard InChI is InChI=1S/C4H9ClN2O/c1-2(5)3(6)4(7)8/h2-3H,6H2,1H3,(H2,7,8)/t2-,3-/m0/s1. The van der Waals surface area contributed by atoms with E-state index in [0.29, 0.717) is 0 Å². The Morgan fingerprint density at radius 3 is 2.12 bits per heavy atom. The number of halogens is 1. The number of hydrogen-bond acceptors (Lipinski definition) is 2. The minimum absolute atomic E-state index is 0.382. The first-order valence-corrected chi connectivity index (χ1v) is 2.68. The van der Waals surface area contributed by atoms with E-state index < -0.39 is 11.9 Å². The van der Waals surface area contributed by atoms with E-state index in [9.17, 15) is 4.79 Å². The molecule has 0 unspecified atom stereocenters. The molecule has 1 amide bonds. The molecule has 0 aromatic heterocycles. The van der Waals surface area contributed by atoms with Gasteiger partial charge in [0.1, 0.15) is 6.04 Å². The van der Waals surface area contributed by atoms with Gasteiger partial charge in [-0.25, -0.2) is 0 Å². The van der Waals surface area contributed by atoms with E-state index in [1.807, 2.05) is 0 Å². The fourth-order valence-electron chi connectivity index (χ4n) is 0.226. The summed E-state index contributed by atoms with van der Waals surface area (Å²) in [6.45, 7) is 1.62. The molecule has 0 heterocycles. The first-order chi connectivity index (χ1) is 3.55. The Morgan fingerprint density at radius 1 is 1.75 bits per heavy atom. The lowest BCUT2D eigenvalue weighted by molar-refractivity contribution is -0.119. The van der Waals surface area contributed by atoms with E-state index in [1.54, 1.807) is 6.92 Å². The molecule has 0 aromatic carbocycles. The smallest absolute Gasteiger partial charge is 0.235 e. The van der Waals surface area contributed by atoms with Crippen molar-refractivity contribution in [1.82, 2.24) is 0 Å². The minimum Gasteiger partial charge on any atom is -0.368 e. The highest BCUT2D eigenvalue weighted by atomic mass is 35.5. The van der Waals surface area contributed by atoms with E-state index >= 15 is 0 Å². The summed E-state index contributed by atoms with van der Waals surface area (Å²) in [4.78, 5) is 10.2. The zero-order valence-electron chi connectivity index (χ0n) is 4.60. The molecule has 4 N–H and O–H groups in total. The molecule has 0 fully saturated rings. The Morgan fingerprint density at radius 2 is 2.12 bits per heavy atom. The number of rotatable bonds is 2. The monoisotopic (exact) mass is 136 g/mol. The van der Waals surface area contributed by atoms with Crippen LogP contribution in [0.2, 0.25) is 0 Å². The van der Waals surface area contributed by atoms with Crippen LogP contribution in [0.4, 0.5) is 0 Å². The maximum absolute atomic E-state index is 10.2. The van der Waals surface area contributed by atoms with Gasteiger partial charge in [-0.1, -0.05) is 0 Å². The Labute approximate surface area is 53.0 Å². The van der Waals surface area contributed by atoms with Gasteiger partial charge >= 0.3 is 0 Å². The van der Waals surface area contributed by atoms with E-state index in [4.69, 9.17) is 23.1 Å². The van der Waals surface area contributed by atoms with Crippen molar-refractivity contribution in [3.05, 3.63) is 0 Å². The summed E-state index contributed by atoms with van der Waals surface area (Å²) in [5, 5.41) is -0.382. The molecule has 0 aliphatic carbocycles. The zero-order valence-corrected chi connectivity index (χ0v) is 5.35. The number of alkyl halides is 1. The molecule has 2 atom stereocenters. The average Bonchev–Trinajstić information content (AvgIpc) is 1.64. The topological polar surface area (TPSA) is 69.1 Å². The molecule has 0 aromatic rings. The van der Waals surface area contributed by atoms with Gasteiger partial charge in [-0.05, 0) is 6.92 Å². The maximum atomic E-state index is 10.2. The normalized spacial score (nSPS) is 17.4. The lowest BCUT2D eigenvalue weighted by Gasteiger charge is -2.07. The number of carbonyl (C=O) groups is 1. The molecule has 3 nitrogen and oxygen atoms in total. The van der Waals surface area contributed by atoms with Gasteiger partial charge in [0.15, 0.2) is 0 Å². The Bertz CT molecular complexity index is 94.0. The van der Waals surface area contributed by atoms with Crippen LogP contribution in [-0.4, -0.2) is 17.3 Å². The van der Waals surface area contributed by atoms with Crippen LogP contribution in [0.3, 0.4) is 0 Å². The van der Waals surface area contributed by atoms with Crippen molar-refractivity contribution in [2.75, 3.05) is 0 Å². The van der Waals surface area contributed by atoms with Crippen molar-refractivity contribution in [1.29, 1.82) is 0 Å². The van der Waals surface area contributed by atoms with E-state index in [2.05, 4.69) is 0 Å². The van der Waals surface area contributed by atoms with Crippen molar-refractivity contribution in [2.45, 2.75) is 18.3 Å². The lowest BCUT2D eigenvalue weighted by Crippen LogP contribution is -2.42. The molecule has 0 spiro atoms. The summed E-state index contributed by atoms with van der Waals surface area (Å²) >= 11 is 5.40. The van der Waals surface area contributed by atoms with Crippen LogP contribution in [0.25, 0.3) is 0 Å². The molecule has 0 radical (unpaired) electrons. The van der Waals surface area contributed by atoms with Crippen LogP contribution in [0, 0.1) is 0 Å². The average molecular weight is 137 g/mol. The molecule has 8 heavy (non-hydrogen) atoms. The van der Waals surface area contributed by atoms with Crippen molar-refractivity contribution in [2.24, 2.45) is 11.5 Å².